The molecule has 0 atom stereocenters. The van der Waals surface area contributed by atoms with Crippen molar-refractivity contribution in [1.29, 1.82) is 0 Å². The van der Waals surface area contributed by atoms with Crippen LogP contribution in [0.4, 0.5) is 8.78 Å². The van der Waals surface area contributed by atoms with Gasteiger partial charge in [0.1, 0.15) is 5.75 Å². The summed E-state index contributed by atoms with van der Waals surface area (Å²) in [7, 11) is 0. The van der Waals surface area contributed by atoms with E-state index in [9.17, 15) is 13.6 Å². The maximum atomic E-state index is 14.6. The first kappa shape index (κ1) is 25.6. The molecule has 0 spiro atoms. The maximum absolute atomic E-state index is 14.6. The van der Waals surface area contributed by atoms with Gasteiger partial charge in [0.2, 0.25) is 0 Å². The lowest BCUT2D eigenvalue weighted by Gasteiger charge is -2.36. The highest BCUT2D eigenvalue weighted by Crippen LogP contribution is 2.28. The third-order valence-electron chi connectivity index (χ3n) is 6.66. The summed E-state index contributed by atoms with van der Waals surface area (Å²) in [6.07, 6.45) is 3.09. The number of nitrogens with zero attached hydrogens (tertiary/aromatic N) is 1. The van der Waals surface area contributed by atoms with Gasteiger partial charge in [-0.1, -0.05) is 48.5 Å². The van der Waals surface area contributed by atoms with Crippen LogP contribution in [0.15, 0.2) is 60.7 Å². The number of hydrogen-bond acceptors (Lipinski definition) is 3. The van der Waals surface area contributed by atoms with E-state index in [1.165, 1.54) is 11.6 Å². The number of aryl methyl sites for hydroxylation is 2. The highest BCUT2D eigenvalue weighted by molar-refractivity contribution is 5.82. The van der Waals surface area contributed by atoms with Gasteiger partial charge >= 0.3 is 5.97 Å². The van der Waals surface area contributed by atoms with Crippen molar-refractivity contribution in [3.05, 3.63) is 100 Å². The minimum absolute atomic E-state index is 0.262. The number of rotatable bonds is 10. The van der Waals surface area contributed by atoms with E-state index in [0.29, 0.717) is 32.5 Å². The second kappa shape index (κ2) is 11.5. The fraction of sp³-hybridized carbons (Fsp3) is 0.300. The number of hydrogen-bond donors (Lipinski definition) is 1. The van der Waals surface area contributed by atoms with Gasteiger partial charge in [-0.3, -0.25) is 9.69 Å². The molecule has 1 heterocycles. The third kappa shape index (κ3) is 6.38. The van der Waals surface area contributed by atoms with Gasteiger partial charge in [0.15, 0.2) is 11.6 Å². The number of ether oxygens (including phenoxy) is 1. The Morgan fingerprint density at radius 2 is 1.81 bits per heavy atom. The van der Waals surface area contributed by atoms with Crippen molar-refractivity contribution in [2.45, 2.75) is 33.2 Å². The normalized spacial score (nSPS) is 14.5. The molecule has 0 bridgehead atoms. The second-order valence-electron chi connectivity index (χ2n) is 9.44. The van der Waals surface area contributed by atoms with Gasteiger partial charge in [0.05, 0.1) is 12.5 Å². The maximum Gasteiger partial charge on any atom is 0.309 e. The number of carboxylic acid groups (broad SMARTS) is 1. The van der Waals surface area contributed by atoms with E-state index < -0.39 is 17.6 Å². The first-order valence-electron chi connectivity index (χ1n) is 12.2. The van der Waals surface area contributed by atoms with E-state index in [1.54, 1.807) is 6.07 Å². The Bertz CT molecular complexity index is 1250. The van der Waals surface area contributed by atoms with Crippen molar-refractivity contribution in [3.8, 4) is 5.75 Å². The fourth-order valence-corrected chi connectivity index (χ4v) is 4.35. The smallest absolute Gasteiger partial charge is 0.309 e. The summed E-state index contributed by atoms with van der Waals surface area (Å²) in [5, 5.41) is 8.99. The largest absolute Gasteiger partial charge is 0.494 e. The van der Waals surface area contributed by atoms with Crippen LogP contribution in [0.2, 0.25) is 0 Å². The summed E-state index contributed by atoms with van der Waals surface area (Å²) in [4.78, 5) is 13.0. The topological polar surface area (TPSA) is 49.8 Å². The Hall–Kier alpha value is -3.51. The molecule has 6 heteroatoms. The van der Waals surface area contributed by atoms with Crippen LogP contribution in [-0.4, -0.2) is 35.7 Å². The first-order chi connectivity index (χ1) is 17.3. The molecule has 3 aromatic carbocycles. The number of allylic oxidation sites excluding steroid dienone is 1. The summed E-state index contributed by atoms with van der Waals surface area (Å²) in [5.41, 5.74) is 5.37. The van der Waals surface area contributed by atoms with Crippen LogP contribution >= 0.6 is 0 Å². The first-order valence-corrected chi connectivity index (χ1v) is 12.2. The standard InChI is InChI=1S/C30H31F2NO3/c1-20-8-9-23(15-21(20)2)16-24(27-6-3-7-28(31)29(27)32)5-4-14-36-26-12-10-22(11-13-26)17-33-18-25(19-33)30(34)35/h3,6-13,15-16,25H,4-5,14,17-19H2,1-2H3,(H,34,35). The molecule has 4 rings (SSSR count). The highest BCUT2D eigenvalue weighted by atomic mass is 19.2. The molecule has 0 unspecified atom stereocenters. The summed E-state index contributed by atoms with van der Waals surface area (Å²) < 4.78 is 34.4. The lowest BCUT2D eigenvalue weighted by molar-refractivity contribution is -0.147. The van der Waals surface area contributed by atoms with E-state index in [1.807, 2.05) is 62.4 Å². The Morgan fingerprint density at radius 3 is 2.50 bits per heavy atom. The number of carbonyl (C=O) groups is 1. The summed E-state index contributed by atoms with van der Waals surface area (Å²) >= 11 is 0. The average Bonchev–Trinajstić information content (AvgIpc) is 2.83. The molecule has 1 fully saturated rings. The summed E-state index contributed by atoms with van der Waals surface area (Å²) in [6.45, 7) is 6.39. The molecule has 188 valence electrons. The minimum Gasteiger partial charge on any atom is -0.494 e. The fourth-order valence-electron chi connectivity index (χ4n) is 4.35. The number of benzene rings is 3. The van der Waals surface area contributed by atoms with Crippen LogP contribution in [0, 0.1) is 31.4 Å². The van der Waals surface area contributed by atoms with Gasteiger partial charge in [-0.15, -0.1) is 0 Å². The molecule has 1 aliphatic rings. The molecule has 3 aromatic rings. The number of carboxylic acids is 1. The predicted octanol–water partition coefficient (Wildman–Crippen LogP) is 6.50. The Balaban J connectivity index is 1.35. The molecule has 1 aliphatic heterocycles. The van der Waals surface area contributed by atoms with Crippen molar-refractivity contribution in [1.82, 2.24) is 4.90 Å². The molecule has 1 N–H and O–H groups in total. The van der Waals surface area contributed by atoms with Crippen molar-refractivity contribution in [2.24, 2.45) is 5.92 Å². The van der Waals surface area contributed by atoms with Crippen LogP contribution in [0.25, 0.3) is 11.6 Å². The van der Waals surface area contributed by atoms with Gasteiger partial charge in [-0.2, -0.15) is 0 Å². The van der Waals surface area contributed by atoms with Crippen LogP contribution in [0.1, 0.15) is 40.7 Å². The van der Waals surface area contributed by atoms with E-state index in [0.717, 1.165) is 40.6 Å². The van der Waals surface area contributed by atoms with Crippen LogP contribution in [-0.2, 0) is 11.3 Å². The van der Waals surface area contributed by atoms with Gasteiger partial charge in [0.25, 0.3) is 0 Å². The summed E-state index contributed by atoms with van der Waals surface area (Å²) in [6, 6.07) is 18.1. The number of halogens is 2. The average molecular weight is 492 g/mol. The van der Waals surface area contributed by atoms with E-state index in [-0.39, 0.29) is 11.5 Å². The highest BCUT2D eigenvalue weighted by Gasteiger charge is 2.32. The lowest BCUT2D eigenvalue weighted by atomic mass is 9.96. The molecule has 4 nitrogen and oxygen atoms in total. The molecule has 36 heavy (non-hydrogen) atoms. The van der Waals surface area contributed by atoms with Crippen LogP contribution in [0.5, 0.6) is 5.75 Å². The number of likely N-dealkylation sites (tertiary alicyclic amines) is 1. The lowest BCUT2D eigenvalue weighted by Crippen LogP contribution is -2.49. The molecular formula is C30H31F2NO3. The van der Waals surface area contributed by atoms with Crippen molar-refractivity contribution < 1.29 is 23.4 Å². The monoisotopic (exact) mass is 491 g/mol. The Labute approximate surface area is 210 Å². The quantitative estimate of drug-likeness (QED) is 0.260. The van der Waals surface area contributed by atoms with E-state index in [4.69, 9.17) is 9.84 Å². The SMILES string of the molecule is Cc1ccc(C=C(CCCOc2ccc(CN3CC(C(=O)O)C3)cc2)c2cccc(F)c2F)cc1C. The molecule has 0 amide bonds. The van der Waals surface area contributed by atoms with Crippen molar-refractivity contribution in [2.75, 3.05) is 19.7 Å². The third-order valence-corrected chi connectivity index (χ3v) is 6.66. The van der Waals surface area contributed by atoms with E-state index >= 15 is 0 Å². The second-order valence-corrected chi connectivity index (χ2v) is 9.44. The van der Waals surface area contributed by atoms with Gasteiger partial charge in [-0.25, -0.2) is 8.78 Å². The van der Waals surface area contributed by atoms with Gasteiger partial charge in [0, 0.05) is 25.2 Å². The molecule has 0 saturated carbocycles. The zero-order valence-corrected chi connectivity index (χ0v) is 20.6. The Kier molecular flexibility index (Phi) is 8.16. The van der Waals surface area contributed by atoms with Crippen LogP contribution < -0.4 is 4.74 Å². The van der Waals surface area contributed by atoms with Gasteiger partial charge in [-0.05, 0) is 72.7 Å². The minimum atomic E-state index is -0.855. The number of aliphatic carboxylic acids is 1. The molecular weight excluding hydrogens is 460 g/mol. The zero-order valence-electron chi connectivity index (χ0n) is 20.6. The molecule has 1 saturated heterocycles. The zero-order chi connectivity index (χ0) is 25.7. The van der Waals surface area contributed by atoms with Crippen LogP contribution in [0.3, 0.4) is 0 Å². The molecule has 0 radical (unpaired) electrons. The van der Waals surface area contributed by atoms with Gasteiger partial charge < -0.3 is 9.84 Å². The Morgan fingerprint density at radius 1 is 1.06 bits per heavy atom. The predicted molar refractivity (Wildman–Crippen MR) is 138 cm³/mol. The molecule has 0 aromatic heterocycles. The summed E-state index contributed by atoms with van der Waals surface area (Å²) in [5.74, 6) is -1.94. The van der Waals surface area contributed by atoms with Crippen molar-refractivity contribution >= 4 is 17.6 Å². The van der Waals surface area contributed by atoms with E-state index in [2.05, 4.69) is 4.90 Å². The van der Waals surface area contributed by atoms with Crippen molar-refractivity contribution in [3.63, 3.8) is 0 Å². The molecule has 0 aliphatic carbocycles.